The zero-order valence-corrected chi connectivity index (χ0v) is 10.5. The van der Waals surface area contributed by atoms with Gasteiger partial charge in [0.2, 0.25) is 0 Å². The summed E-state index contributed by atoms with van der Waals surface area (Å²) >= 11 is 0. The number of pyridine rings is 1. The fraction of sp³-hybridized carbons (Fsp3) is 0.0769. The molecule has 7 nitrogen and oxygen atoms in total. The molecule has 0 aliphatic heterocycles. The maximum absolute atomic E-state index is 12.0. The molecule has 2 heterocycles. The Morgan fingerprint density at radius 1 is 1.50 bits per heavy atom. The van der Waals surface area contributed by atoms with Crippen LogP contribution < -0.4 is 5.32 Å². The molecule has 0 saturated heterocycles. The van der Waals surface area contributed by atoms with Crippen LogP contribution in [0, 0.1) is 18.3 Å². The molecular formula is C13H10N4O3. The number of nitrogens with one attached hydrogen (secondary N) is 1. The quantitative estimate of drug-likeness (QED) is 0.499. The molecule has 0 aliphatic carbocycles. The Labute approximate surface area is 114 Å². The van der Waals surface area contributed by atoms with Crippen LogP contribution in [-0.4, -0.2) is 21.2 Å². The maximum Gasteiger partial charge on any atom is 0.270 e. The number of aromatic nitrogens is 2. The summed E-state index contributed by atoms with van der Waals surface area (Å²) in [4.78, 5) is 15.8. The monoisotopic (exact) mass is 270 g/mol. The largest absolute Gasteiger partial charge is 0.506 e. The third-order valence-electron chi connectivity index (χ3n) is 2.50. The molecular weight excluding hydrogens is 260 g/mol. The first kappa shape index (κ1) is 13.3. The number of aliphatic hydroxyl groups is 1. The molecule has 0 aromatic carbocycles. The number of nitrogens with zero attached hydrogens (tertiary/aromatic N) is 3. The van der Waals surface area contributed by atoms with Gasteiger partial charge in [0.15, 0.2) is 11.3 Å². The summed E-state index contributed by atoms with van der Waals surface area (Å²) in [5.74, 6) is -0.907. The molecule has 0 saturated carbocycles. The molecule has 0 unspecified atom stereocenters. The van der Waals surface area contributed by atoms with Crippen molar-refractivity contribution in [3.63, 3.8) is 0 Å². The van der Waals surface area contributed by atoms with E-state index in [1.807, 2.05) is 0 Å². The molecule has 2 rings (SSSR count). The van der Waals surface area contributed by atoms with Crippen LogP contribution in [-0.2, 0) is 4.79 Å². The lowest BCUT2D eigenvalue weighted by molar-refractivity contribution is -0.112. The first-order valence-electron chi connectivity index (χ1n) is 5.60. The highest BCUT2D eigenvalue weighted by Gasteiger charge is 2.19. The average molecular weight is 270 g/mol. The predicted molar refractivity (Wildman–Crippen MR) is 69.3 cm³/mol. The summed E-state index contributed by atoms with van der Waals surface area (Å²) in [7, 11) is 0. The number of aliphatic hydroxyl groups excluding tert-OH is 1. The van der Waals surface area contributed by atoms with Crippen molar-refractivity contribution in [1.82, 2.24) is 10.1 Å². The van der Waals surface area contributed by atoms with E-state index in [1.54, 1.807) is 31.3 Å². The van der Waals surface area contributed by atoms with Crippen molar-refractivity contribution in [1.29, 1.82) is 5.26 Å². The second-order valence-corrected chi connectivity index (χ2v) is 3.83. The van der Waals surface area contributed by atoms with Crippen molar-refractivity contribution < 1.29 is 14.4 Å². The van der Waals surface area contributed by atoms with Gasteiger partial charge in [0, 0.05) is 6.20 Å². The smallest absolute Gasteiger partial charge is 0.270 e. The second kappa shape index (κ2) is 5.67. The van der Waals surface area contributed by atoms with E-state index in [2.05, 4.69) is 15.5 Å². The van der Waals surface area contributed by atoms with Gasteiger partial charge in [0.05, 0.1) is 23.6 Å². The standard InChI is InChI=1S/C13H10N4O3/c1-8-11(7-16-20-8)12(18)10(5-14)13(19)17-9-3-2-4-15-6-9/h2-4,6-7,18H,1H3,(H,17,19)/b12-10-. The Balaban J connectivity index is 2.31. The highest BCUT2D eigenvalue weighted by Crippen LogP contribution is 2.20. The van der Waals surface area contributed by atoms with Crippen molar-refractivity contribution in [3.8, 4) is 6.07 Å². The van der Waals surface area contributed by atoms with Gasteiger partial charge in [0.1, 0.15) is 11.8 Å². The summed E-state index contributed by atoms with van der Waals surface area (Å²) in [6, 6.07) is 4.91. The fourth-order valence-electron chi connectivity index (χ4n) is 1.50. The van der Waals surface area contributed by atoms with Gasteiger partial charge in [-0.25, -0.2) is 0 Å². The molecule has 2 aromatic rings. The Kier molecular flexibility index (Phi) is 3.77. The summed E-state index contributed by atoms with van der Waals surface area (Å²) in [5, 5.41) is 25.0. The van der Waals surface area contributed by atoms with E-state index in [9.17, 15) is 9.90 Å². The number of rotatable bonds is 3. The van der Waals surface area contributed by atoms with E-state index in [0.717, 1.165) is 0 Å². The zero-order chi connectivity index (χ0) is 14.5. The van der Waals surface area contributed by atoms with Crippen LogP contribution in [0.3, 0.4) is 0 Å². The fourth-order valence-corrected chi connectivity index (χ4v) is 1.50. The normalized spacial score (nSPS) is 11.4. The van der Waals surface area contributed by atoms with Gasteiger partial charge in [-0.1, -0.05) is 5.16 Å². The van der Waals surface area contributed by atoms with Gasteiger partial charge in [-0.05, 0) is 19.1 Å². The van der Waals surface area contributed by atoms with Crippen molar-refractivity contribution in [2.45, 2.75) is 6.92 Å². The molecule has 2 aromatic heterocycles. The minimum atomic E-state index is -0.737. The molecule has 0 atom stereocenters. The number of carbonyl (C=O) groups excluding carboxylic acids is 1. The lowest BCUT2D eigenvalue weighted by atomic mass is 10.1. The van der Waals surface area contributed by atoms with Crippen molar-refractivity contribution in [2.75, 3.05) is 5.32 Å². The predicted octanol–water partition coefficient (Wildman–Crippen LogP) is 1.81. The summed E-state index contributed by atoms with van der Waals surface area (Å²) in [6.45, 7) is 1.56. The molecule has 0 aliphatic rings. The lowest BCUT2D eigenvalue weighted by Gasteiger charge is -2.05. The van der Waals surface area contributed by atoms with Gasteiger partial charge in [0.25, 0.3) is 5.91 Å². The lowest BCUT2D eigenvalue weighted by Crippen LogP contribution is -2.15. The average Bonchev–Trinajstić information content (AvgIpc) is 2.86. The molecule has 0 radical (unpaired) electrons. The van der Waals surface area contributed by atoms with Crippen LogP contribution in [0.2, 0.25) is 0 Å². The van der Waals surface area contributed by atoms with Crippen LogP contribution in [0.25, 0.3) is 5.76 Å². The minimum Gasteiger partial charge on any atom is -0.506 e. The summed E-state index contributed by atoms with van der Waals surface area (Å²) in [6.07, 6.45) is 4.21. The third-order valence-corrected chi connectivity index (χ3v) is 2.50. The van der Waals surface area contributed by atoms with E-state index in [4.69, 9.17) is 9.78 Å². The third kappa shape index (κ3) is 2.64. The SMILES string of the molecule is Cc1oncc1/C(O)=C(\C#N)C(=O)Nc1cccnc1. The Hall–Kier alpha value is -3.14. The number of anilines is 1. The highest BCUT2D eigenvalue weighted by atomic mass is 16.5. The number of aryl methyl sites for hydroxylation is 1. The molecule has 100 valence electrons. The molecule has 1 amide bonds. The highest BCUT2D eigenvalue weighted by molar-refractivity contribution is 6.10. The van der Waals surface area contributed by atoms with Crippen molar-refractivity contribution in [2.24, 2.45) is 0 Å². The van der Waals surface area contributed by atoms with Crippen LogP contribution in [0.1, 0.15) is 11.3 Å². The van der Waals surface area contributed by atoms with E-state index in [-0.39, 0.29) is 5.56 Å². The van der Waals surface area contributed by atoms with Gasteiger partial charge < -0.3 is 14.9 Å². The number of hydrogen-bond acceptors (Lipinski definition) is 6. The number of hydrogen-bond donors (Lipinski definition) is 2. The number of amides is 1. The zero-order valence-electron chi connectivity index (χ0n) is 10.5. The van der Waals surface area contributed by atoms with Gasteiger partial charge in [-0.2, -0.15) is 5.26 Å². The number of nitriles is 1. The first-order valence-corrected chi connectivity index (χ1v) is 5.60. The second-order valence-electron chi connectivity index (χ2n) is 3.83. The van der Waals surface area contributed by atoms with Crippen LogP contribution in [0.5, 0.6) is 0 Å². The van der Waals surface area contributed by atoms with Crippen LogP contribution >= 0.6 is 0 Å². The van der Waals surface area contributed by atoms with Gasteiger partial charge in [-0.15, -0.1) is 0 Å². The van der Waals surface area contributed by atoms with Gasteiger partial charge >= 0.3 is 0 Å². The van der Waals surface area contributed by atoms with Crippen molar-refractivity contribution >= 4 is 17.4 Å². The maximum atomic E-state index is 12.0. The summed E-state index contributed by atoms with van der Waals surface area (Å²) < 4.78 is 4.78. The Morgan fingerprint density at radius 2 is 2.30 bits per heavy atom. The van der Waals surface area contributed by atoms with E-state index >= 15 is 0 Å². The van der Waals surface area contributed by atoms with Crippen molar-refractivity contribution in [3.05, 3.63) is 47.6 Å². The van der Waals surface area contributed by atoms with E-state index in [1.165, 1.54) is 12.4 Å². The Bertz CT molecular complexity index is 698. The Morgan fingerprint density at radius 3 is 2.85 bits per heavy atom. The van der Waals surface area contributed by atoms with Gasteiger partial charge in [-0.3, -0.25) is 9.78 Å². The summed E-state index contributed by atoms with van der Waals surface area (Å²) in [5.41, 5.74) is 0.183. The number of carbonyl (C=O) groups is 1. The molecule has 2 N–H and O–H groups in total. The van der Waals surface area contributed by atoms with E-state index in [0.29, 0.717) is 11.4 Å². The topological polar surface area (TPSA) is 112 Å². The van der Waals surface area contributed by atoms with E-state index < -0.39 is 17.2 Å². The minimum absolute atomic E-state index is 0.197. The molecule has 0 fully saturated rings. The molecule has 0 spiro atoms. The molecule has 7 heteroatoms. The molecule has 0 bridgehead atoms. The first-order chi connectivity index (χ1) is 9.63. The molecule has 20 heavy (non-hydrogen) atoms. The van der Waals surface area contributed by atoms with Crippen LogP contribution in [0.4, 0.5) is 5.69 Å². The van der Waals surface area contributed by atoms with Crippen LogP contribution in [0.15, 0.2) is 40.8 Å².